The number of aliphatic carboxylic acids is 2. The molecular weight excluding hydrogens is 905 g/mol. The largest absolute Gasteiger partial charge is 0.691 e. The van der Waals surface area contributed by atoms with Crippen molar-refractivity contribution in [2.24, 2.45) is 0 Å². The van der Waals surface area contributed by atoms with Gasteiger partial charge in [-0.05, 0) is 101 Å². The first kappa shape index (κ1) is 53.5. The summed E-state index contributed by atoms with van der Waals surface area (Å²) in [6.07, 6.45) is 18.1. The van der Waals surface area contributed by atoms with E-state index in [1.807, 2.05) is 49.4 Å². The third-order valence-electron chi connectivity index (χ3n) is 11.9. The molecule has 2 atom stereocenters. The molecule has 2 heterocycles. The number of anilines is 1. The second-order valence-electron chi connectivity index (χ2n) is 16.3. The Labute approximate surface area is 389 Å². The number of unbranched alkanes of at least 4 members (excludes halogenated alkanes) is 6. The fraction of sp³-hybridized carbons (Fsp3) is 0.511. The molecule has 2 aliphatic heterocycles. The monoisotopic (exact) mass is 964 g/mol. The second-order valence-corrected chi connectivity index (χ2v) is 19.3. The SMILES string of the molecule is COC(=O)CCCCCC1(C)C(/C=C/C=C/C=C2\N(CCCSOOO)c3ccc(S(=O)(=O)O)cc3C2(C)CCCCCC(=O)O)=[N+](CCCCCC(=O)O)c2ccc(SOO[O-])cc21. The van der Waals surface area contributed by atoms with Crippen LogP contribution in [0.25, 0.3) is 0 Å². The Bertz CT molecular complexity index is 2180. The lowest BCUT2D eigenvalue weighted by Crippen LogP contribution is -2.31. The van der Waals surface area contributed by atoms with Crippen LogP contribution in [0.1, 0.15) is 121 Å². The number of esters is 1. The summed E-state index contributed by atoms with van der Waals surface area (Å²) in [6, 6.07) is 10.3. The average Bonchev–Trinajstić information content (AvgIpc) is 3.63. The Kier molecular flexibility index (Phi) is 21.7. The van der Waals surface area contributed by atoms with E-state index in [0.29, 0.717) is 93.5 Å². The standard InChI is InChI=1S/C45H60N2O15S3/c1-44(26-14-6-12-21-43(52)58-3)35-31-33(64-62-60-54)22-24-37(35)46(28-15-7-11-20-42(50)51)39(44)17-8-4-9-18-40-45(2,27-13-5-10-19-41(48)49)36-32-34(65(55,56)57)23-25-38(36)47(40)29-16-30-63-61-59-53/h4,8-9,17-18,22-25,31-32H,5-7,10-16,19-21,26-30H2,1-3H3,(H4-,48,49,50,51,53,54,55,56,57). The molecule has 2 aliphatic rings. The van der Waals surface area contributed by atoms with Crippen LogP contribution in [-0.2, 0) is 58.8 Å². The van der Waals surface area contributed by atoms with Crippen molar-refractivity contribution in [2.75, 3.05) is 30.9 Å². The number of carboxylic acids is 2. The molecule has 0 fully saturated rings. The van der Waals surface area contributed by atoms with Gasteiger partial charge in [-0.2, -0.15) is 17.3 Å². The number of benzene rings is 2. The number of hydrogen-bond acceptors (Lipinski definition) is 15. The van der Waals surface area contributed by atoms with Gasteiger partial charge in [0, 0.05) is 89.4 Å². The zero-order valence-corrected chi connectivity index (χ0v) is 39.4. The Hall–Kier alpha value is -4.09. The Morgan fingerprint density at radius 3 is 2.14 bits per heavy atom. The number of methoxy groups -OCH3 is 1. The lowest BCUT2D eigenvalue weighted by Gasteiger charge is -2.30. The smallest absolute Gasteiger partial charge is 0.305 e. The van der Waals surface area contributed by atoms with Crippen molar-refractivity contribution in [1.82, 2.24) is 0 Å². The number of ether oxygens (including phenoxy) is 1. The summed E-state index contributed by atoms with van der Waals surface area (Å²) in [4.78, 5) is 36.9. The van der Waals surface area contributed by atoms with Crippen LogP contribution in [0.2, 0.25) is 0 Å². The van der Waals surface area contributed by atoms with Crippen molar-refractivity contribution in [2.45, 2.75) is 131 Å². The van der Waals surface area contributed by atoms with Crippen LogP contribution in [0.3, 0.4) is 0 Å². The first-order valence-electron chi connectivity index (χ1n) is 21.6. The molecular formula is C45H60N2O15S3. The van der Waals surface area contributed by atoms with Gasteiger partial charge in [-0.25, -0.2) is 5.26 Å². The van der Waals surface area contributed by atoms with Crippen LogP contribution in [0.15, 0.2) is 82.3 Å². The molecule has 0 amide bonds. The summed E-state index contributed by atoms with van der Waals surface area (Å²) < 4.78 is 51.1. The van der Waals surface area contributed by atoms with E-state index in [4.69, 9.17) is 9.99 Å². The maximum absolute atomic E-state index is 12.4. The Morgan fingerprint density at radius 1 is 0.815 bits per heavy atom. The first-order chi connectivity index (χ1) is 31.1. The Balaban J connectivity index is 1.76. The van der Waals surface area contributed by atoms with E-state index in [1.54, 1.807) is 6.07 Å². The minimum absolute atomic E-state index is 0.0347. The molecule has 17 nitrogen and oxygen atoms in total. The number of rotatable bonds is 31. The molecule has 4 rings (SSSR count). The summed E-state index contributed by atoms with van der Waals surface area (Å²) in [6.45, 7) is 5.27. The minimum atomic E-state index is -4.53. The van der Waals surface area contributed by atoms with Gasteiger partial charge < -0.3 is 25.1 Å². The van der Waals surface area contributed by atoms with Crippen LogP contribution in [-0.4, -0.2) is 82.6 Å². The number of carboxylic acid groups (broad SMARTS) is 2. The molecule has 20 heteroatoms. The van der Waals surface area contributed by atoms with Crippen LogP contribution in [0.4, 0.5) is 11.4 Å². The highest BCUT2D eigenvalue weighted by molar-refractivity contribution is 7.94. The third kappa shape index (κ3) is 15.2. The van der Waals surface area contributed by atoms with Crippen molar-refractivity contribution >= 4 is 69.2 Å². The molecule has 0 aliphatic carbocycles. The van der Waals surface area contributed by atoms with E-state index >= 15 is 0 Å². The summed E-state index contributed by atoms with van der Waals surface area (Å²) in [7, 11) is -3.16. The minimum Gasteiger partial charge on any atom is -0.691 e. The normalized spacial score (nSPS) is 18.9. The van der Waals surface area contributed by atoms with E-state index in [1.165, 1.54) is 19.2 Å². The quantitative estimate of drug-likeness (QED) is 0.00808. The van der Waals surface area contributed by atoms with Crippen LogP contribution in [0, 0.1) is 0 Å². The van der Waals surface area contributed by atoms with E-state index in [0.717, 1.165) is 71.7 Å². The summed E-state index contributed by atoms with van der Waals surface area (Å²) in [5.74, 6) is -1.53. The maximum Gasteiger partial charge on any atom is 0.305 e. The predicted molar refractivity (Wildman–Crippen MR) is 243 cm³/mol. The molecule has 0 saturated carbocycles. The van der Waals surface area contributed by atoms with Gasteiger partial charge >= 0.3 is 17.9 Å². The molecule has 0 bridgehead atoms. The second kappa shape index (κ2) is 26.3. The van der Waals surface area contributed by atoms with Crippen molar-refractivity contribution in [3.63, 3.8) is 0 Å². The molecule has 65 heavy (non-hydrogen) atoms. The molecule has 358 valence electrons. The molecule has 2 unspecified atom stereocenters. The van der Waals surface area contributed by atoms with E-state index < -0.39 is 32.9 Å². The molecule has 2 aromatic rings. The van der Waals surface area contributed by atoms with Gasteiger partial charge in [0.25, 0.3) is 10.1 Å². The van der Waals surface area contributed by atoms with Gasteiger partial charge in [-0.15, -0.1) is 4.33 Å². The van der Waals surface area contributed by atoms with Gasteiger partial charge in [0.05, 0.1) is 29.5 Å². The average molecular weight is 965 g/mol. The molecule has 0 aromatic heterocycles. The molecule has 0 radical (unpaired) electrons. The van der Waals surface area contributed by atoms with E-state index in [2.05, 4.69) is 41.2 Å². The molecule has 4 N–H and O–H groups in total. The number of nitrogens with zero attached hydrogens (tertiary/aromatic N) is 2. The fourth-order valence-corrected chi connectivity index (χ4v) is 9.97. The fourth-order valence-electron chi connectivity index (χ4n) is 8.71. The zero-order valence-electron chi connectivity index (χ0n) is 37.0. The van der Waals surface area contributed by atoms with Crippen molar-refractivity contribution in [1.29, 1.82) is 0 Å². The molecule has 0 saturated heterocycles. The topological polar surface area (TPSA) is 242 Å². The van der Waals surface area contributed by atoms with Crippen molar-refractivity contribution in [3.05, 3.63) is 83.6 Å². The lowest BCUT2D eigenvalue weighted by atomic mass is 9.75. The molecule has 0 spiro atoms. The number of allylic oxidation sites excluding steroid dienone is 6. The van der Waals surface area contributed by atoms with Gasteiger partial charge in [0.15, 0.2) is 5.71 Å². The maximum atomic E-state index is 12.4. The molecule has 2 aromatic carbocycles. The number of fused-ring (bicyclic) bond motifs is 2. The summed E-state index contributed by atoms with van der Waals surface area (Å²) in [5, 5.41) is 45.2. The van der Waals surface area contributed by atoms with Gasteiger partial charge in [0.2, 0.25) is 5.69 Å². The number of hydrogen-bond donors (Lipinski definition) is 4. The Morgan fingerprint density at radius 2 is 1.49 bits per heavy atom. The van der Waals surface area contributed by atoms with Crippen LogP contribution in [0.5, 0.6) is 0 Å². The lowest BCUT2D eigenvalue weighted by molar-refractivity contribution is -0.777. The predicted octanol–water partition coefficient (Wildman–Crippen LogP) is 8.56. The van der Waals surface area contributed by atoms with Gasteiger partial charge in [-0.3, -0.25) is 24.0 Å². The highest BCUT2D eigenvalue weighted by atomic mass is 32.2. The summed E-state index contributed by atoms with van der Waals surface area (Å²) in [5.41, 5.74) is 4.04. The first-order valence-corrected chi connectivity index (χ1v) is 24.7. The van der Waals surface area contributed by atoms with Crippen LogP contribution >= 0.6 is 24.1 Å². The van der Waals surface area contributed by atoms with Crippen LogP contribution < -0.4 is 10.2 Å². The number of carbonyl (C=O) groups excluding carboxylic acids is 1. The van der Waals surface area contributed by atoms with Gasteiger partial charge in [-0.1, -0.05) is 48.9 Å². The summed E-state index contributed by atoms with van der Waals surface area (Å²) >= 11 is 1.73. The highest BCUT2D eigenvalue weighted by Crippen LogP contribution is 2.52. The van der Waals surface area contributed by atoms with Gasteiger partial charge in [0.1, 0.15) is 6.54 Å². The zero-order chi connectivity index (χ0) is 47.5. The van der Waals surface area contributed by atoms with Crippen molar-refractivity contribution in [3.8, 4) is 0 Å². The van der Waals surface area contributed by atoms with E-state index in [9.17, 15) is 42.8 Å². The number of carbonyl (C=O) groups is 3. The van der Waals surface area contributed by atoms with Crippen molar-refractivity contribution < 1.29 is 76.1 Å². The highest BCUT2D eigenvalue weighted by Gasteiger charge is 2.47. The third-order valence-corrected chi connectivity index (χ3v) is 14.0. The van der Waals surface area contributed by atoms with E-state index in [-0.39, 0.29) is 23.7 Å².